The molecule has 1 heteroatoms. The van der Waals surface area contributed by atoms with Crippen LogP contribution >= 0.6 is 0 Å². The fraction of sp³-hybridized carbons (Fsp3) is 0.684. The van der Waals surface area contributed by atoms with Crippen LogP contribution in [0.15, 0.2) is 18.2 Å². The van der Waals surface area contributed by atoms with Crippen molar-refractivity contribution in [1.29, 1.82) is 0 Å². The lowest BCUT2D eigenvalue weighted by Gasteiger charge is -2.53. The first kappa shape index (κ1) is 14.1. The topological polar surface area (TPSA) is 20.2 Å². The monoisotopic (exact) mass is 272 g/mol. The van der Waals surface area contributed by atoms with Crippen molar-refractivity contribution in [1.82, 2.24) is 0 Å². The third kappa shape index (κ3) is 2.02. The van der Waals surface area contributed by atoms with Crippen LogP contribution in [0, 0.1) is 5.92 Å². The molecule has 110 valence electrons. The second-order valence-corrected chi connectivity index (χ2v) is 7.79. The zero-order valence-electron chi connectivity index (χ0n) is 13.4. The molecule has 0 bridgehead atoms. The molecule has 1 saturated carbocycles. The first-order valence-electron chi connectivity index (χ1n) is 8.20. The van der Waals surface area contributed by atoms with Crippen molar-refractivity contribution < 1.29 is 5.11 Å². The van der Waals surface area contributed by atoms with E-state index >= 15 is 0 Å². The molecule has 0 unspecified atom stereocenters. The summed E-state index contributed by atoms with van der Waals surface area (Å²) in [6, 6.07) is 7.09. The van der Waals surface area contributed by atoms with Gasteiger partial charge in [0.25, 0.3) is 0 Å². The Hall–Kier alpha value is -0.820. The van der Waals surface area contributed by atoms with Gasteiger partial charge in [-0.05, 0) is 73.0 Å². The Balaban J connectivity index is 2.06. The van der Waals surface area contributed by atoms with E-state index < -0.39 is 5.60 Å². The minimum Gasteiger partial charge on any atom is -0.390 e. The average Bonchev–Trinajstić information content (AvgIpc) is 2.37. The van der Waals surface area contributed by atoms with Crippen molar-refractivity contribution in [2.24, 2.45) is 5.92 Å². The van der Waals surface area contributed by atoms with Gasteiger partial charge in [-0.3, -0.25) is 0 Å². The molecule has 0 amide bonds. The van der Waals surface area contributed by atoms with Crippen LogP contribution in [0.1, 0.15) is 76.0 Å². The molecule has 0 radical (unpaired) electrons. The maximum absolute atomic E-state index is 10.8. The van der Waals surface area contributed by atoms with Gasteiger partial charge in [0, 0.05) is 0 Å². The molecule has 0 saturated heterocycles. The highest BCUT2D eigenvalue weighted by Gasteiger charge is 2.50. The van der Waals surface area contributed by atoms with Gasteiger partial charge >= 0.3 is 0 Å². The largest absolute Gasteiger partial charge is 0.390 e. The quantitative estimate of drug-likeness (QED) is 0.794. The first-order valence-corrected chi connectivity index (χ1v) is 8.20. The maximum atomic E-state index is 10.8. The summed E-state index contributed by atoms with van der Waals surface area (Å²) in [4.78, 5) is 0. The number of benzene rings is 1. The van der Waals surface area contributed by atoms with Crippen LogP contribution in [0.2, 0.25) is 0 Å². The van der Waals surface area contributed by atoms with Crippen molar-refractivity contribution >= 4 is 0 Å². The number of aliphatic hydroxyl groups is 1. The van der Waals surface area contributed by atoms with E-state index in [1.54, 1.807) is 0 Å². The Kier molecular flexibility index (Phi) is 3.25. The van der Waals surface area contributed by atoms with Gasteiger partial charge in [-0.15, -0.1) is 0 Å². The number of hydrogen-bond acceptors (Lipinski definition) is 1. The normalized spacial score (nSPS) is 36.6. The average molecular weight is 272 g/mol. The van der Waals surface area contributed by atoms with E-state index in [9.17, 15) is 5.11 Å². The number of hydrogen-bond donors (Lipinski definition) is 1. The molecule has 0 aliphatic heterocycles. The zero-order valence-corrected chi connectivity index (χ0v) is 13.4. The van der Waals surface area contributed by atoms with Gasteiger partial charge in [-0.1, -0.05) is 39.0 Å². The highest BCUT2D eigenvalue weighted by atomic mass is 16.3. The summed E-state index contributed by atoms with van der Waals surface area (Å²) in [5, 5.41) is 10.8. The van der Waals surface area contributed by atoms with Gasteiger partial charge in [0.05, 0.1) is 5.60 Å². The molecule has 3 atom stereocenters. The SMILES string of the molecule is CC(C)c1ccc2c(c1)CC[C@H]1[C@](C)(O)CCC[C@]21C. The Morgan fingerprint density at radius 1 is 1.20 bits per heavy atom. The molecular formula is C19H28O. The van der Waals surface area contributed by atoms with Crippen LogP contribution in [-0.2, 0) is 11.8 Å². The Morgan fingerprint density at radius 2 is 1.95 bits per heavy atom. The molecule has 2 aliphatic rings. The smallest absolute Gasteiger partial charge is 0.0656 e. The molecule has 1 fully saturated rings. The van der Waals surface area contributed by atoms with Gasteiger partial charge < -0.3 is 5.11 Å². The molecule has 20 heavy (non-hydrogen) atoms. The van der Waals surface area contributed by atoms with E-state index in [4.69, 9.17) is 0 Å². The molecule has 3 rings (SSSR count). The van der Waals surface area contributed by atoms with E-state index in [2.05, 4.69) is 45.9 Å². The molecular weight excluding hydrogens is 244 g/mol. The lowest BCUT2D eigenvalue weighted by molar-refractivity contribution is -0.0748. The lowest BCUT2D eigenvalue weighted by atomic mass is 9.53. The van der Waals surface area contributed by atoms with Crippen molar-refractivity contribution in [2.45, 2.75) is 76.7 Å². The van der Waals surface area contributed by atoms with Crippen LogP contribution < -0.4 is 0 Å². The summed E-state index contributed by atoms with van der Waals surface area (Å²) in [7, 11) is 0. The molecule has 1 nitrogen and oxygen atoms in total. The van der Waals surface area contributed by atoms with Crippen LogP contribution in [0.3, 0.4) is 0 Å². The van der Waals surface area contributed by atoms with Crippen LogP contribution in [-0.4, -0.2) is 10.7 Å². The number of aryl methyl sites for hydroxylation is 1. The summed E-state index contributed by atoms with van der Waals surface area (Å²) < 4.78 is 0. The third-order valence-electron chi connectivity index (χ3n) is 6.01. The summed E-state index contributed by atoms with van der Waals surface area (Å²) in [6.07, 6.45) is 5.60. The van der Waals surface area contributed by atoms with Crippen molar-refractivity contribution in [2.75, 3.05) is 0 Å². The van der Waals surface area contributed by atoms with Gasteiger partial charge in [0.1, 0.15) is 0 Å². The van der Waals surface area contributed by atoms with E-state index in [1.165, 1.54) is 23.1 Å². The van der Waals surface area contributed by atoms with Crippen LogP contribution in [0.25, 0.3) is 0 Å². The third-order valence-corrected chi connectivity index (χ3v) is 6.01. The first-order chi connectivity index (χ1) is 9.34. The van der Waals surface area contributed by atoms with Crippen LogP contribution in [0.5, 0.6) is 0 Å². The summed E-state index contributed by atoms with van der Waals surface area (Å²) in [5.41, 5.74) is 4.19. The minimum absolute atomic E-state index is 0.171. The van der Waals surface area contributed by atoms with Crippen molar-refractivity contribution in [3.05, 3.63) is 34.9 Å². The molecule has 0 spiro atoms. The summed E-state index contributed by atoms with van der Waals surface area (Å²) in [6.45, 7) is 8.97. The van der Waals surface area contributed by atoms with E-state index in [0.29, 0.717) is 11.8 Å². The molecule has 0 heterocycles. The lowest BCUT2D eigenvalue weighted by Crippen LogP contribution is -2.52. The zero-order chi connectivity index (χ0) is 14.5. The molecule has 0 aromatic heterocycles. The highest BCUT2D eigenvalue weighted by Crippen LogP contribution is 2.53. The predicted octanol–water partition coefficient (Wildman–Crippen LogP) is 4.57. The summed E-state index contributed by atoms with van der Waals surface area (Å²) >= 11 is 0. The fourth-order valence-corrected chi connectivity index (χ4v) is 4.84. The van der Waals surface area contributed by atoms with Gasteiger partial charge in [0.2, 0.25) is 0 Å². The molecule has 1 aromatic rings. The summed E-state index contributed by atoms with van der Waals surface area (Å²) in [5.74, 6) is 1.02. The molecule has 2 aliphatic carbocycles. The number of fused-ring (bicyclic) bond motifs is 3. The van der Waals surface area contributed by atoms with E-state index in [-0.39, 0.29) is 5.41 Å². The van der Waals surface area contributed by atoms with Gasteiger partial charge in [0.15, 0.2) is 0 Å². The van der Waals surface area contributed by atoms with E-state index in [1.807, 2.05) is 0 Å². The Bertz CT molecular complexity index is 514. The standard InChI is InChI=1S/C19H28O/c1-13(2)14-6-8-16-15(12-14)7-9-17-18(16,3)10-5-11-19(17,4)20/h6,8,12-13,17,20H,5,7,9-11H2,1-4H3/t17-,18-,19-/m1/s1. The van der Waals surface area contributed by atoms with Crippen LogP contribution in [0.4, 0.5) is 0 Å². The minimum atomic E-state index is -0.485. The van der Waals surface area contributed by atoms with Crippen molar-refractivity contribution in [3.63, 3.8) is 0 Å². The maximum Gasteiger partial charge on any atom is 0.0656 e. The second kappa shape index (κ2) is 4.59. The Morgan fingerprint density at radius 3 is 2.65 bits per heavy atom. The van der Waals surface area contributed by atoms with Gasteiger partial charge in [-0.2, -0.15) is 0 Å². The molecule has 1 aromatic carbocycles. The highest BCUT2D eigenvalue weighted by molar-refractivity contribution is 5.42. The van der Waals surface area contributed by atoms with E-state index in [0.717, 1.165) is 25.7 Å². The van der Waals surface area contributed by atoms with Crippen molar-refractivity contribution in [3.8, 4) is 0 Å². The molecule has 1 N–H and O–H groups in total. The fourth-order valence-electron chi connectivity index (χ4n) is 4.84. The number of rotatable bonds is 1. The Labute approximate surface area is 123 Å². The second-order valence-electron chi connectivity index (χ2n) is 7.79. The predicted molar refractivity (Wildman–Crippen MR) is 84.2 cm³/mol. The van der Waals surface area contributed by atoms with Gasteiger partial charge in [-0.25, -0.2) is 0 Å².